The first kappa shape index (κ1) is 15.3. The van der Waals surface area contributed by atoms with Crippen molar-refractivity contribution in [3.8, 4) is 0 Å². The van der Waals surface area contributed by atoms with E-state index in [4.69, 9.17) is 16.7 Å². The first-order valence-electron chi connectivity index (χ1n) is 6.17. The van der Waals surface area contributed by atoms with E-state index in [1.54, 1.807) is 11.3 Å². The summed E-state index contributed by atoms with van der Waals surface area (Å²) in [5, 5.41) is 24.7. The van der Waals surface area contributed by atoms with Gasteiger partial charge in [-0.1, -0.05) is 11.6 Å². The molecule has 1 heterocycles. The van der Waals surface area contributed by atoms with Gasteiger partial charge in [0.15, 0.2) is 0 Å². The van der Waals surface area contributed by atoms with Crippen molar-refractivity contribution in [2.24, 2.45) is 0 Å². The minimum atomic E-state index is -1.30. The van der Waals surface area contributed by atoms with Gasteiger partial charge in [-0.05, 0) is 41.5 Å². The zero-order valence-corrected chi connectivity index (χ0v) is 12.6. The van der Waals surface area contributed by atoms with E-state index in [-0.39, 0.29) is 18.9 Å². The van der Waals surface area contributed by atoms with Crippen LogP contribution in [0.4, 0.5) is 0 Å². The van der Waals surface area contributed by atoms with Crippen LogP contribution in [-0.2, 0) is 11.2 Å². The van der Waals surface area contributed by atoms with Crippen LogP contribution < -0.4 is 5.32 Å². The number of fused-ring (bicyclic) bond motifs is 1. The summed E-state index contributed by atoms with van der Waals surface area (Å²) >= 11 is 7.53. The number of hydrogen-bond donors (Lipinski definition) is 3. The lowest BCUT2D eigenvalue weighted by atomic mass is 10.1. The molecule has 1 aromatic heterocycles. The van der Waals surface area contributed by atoms with Gasteiger partial charge >= 0.3 is 0 Å². The van der Waals surface area contributed by atoms with Gasteiger partial charge in [-0.2, -0.15) is 0 Å². The SMILES string of the molecule is C[C@@](O)(CO)CNC(=O)Cc1csc2ccc(Cl)cc12. The fraction of sp³-hybridized carbons (Fsp3) is 0.357. The number of amides is 1. The van der Waals surface area contributed by atoms with Gasteiger partial charge < -0.3 is 15.5 Å². The molecular weight excluding hydrogens is 298 g/mol. The third-order valence-electron chi connectivity index (χ3n) is 2.97. The van der Waals surface area contributed by atoms with Crippen LogP contribution >= 0.6 is 22.9 Å². The molecule has 0 spiro atoms. The molecule has 0 aliphatic heterocycles. The molecule has 2 rings (SSSR count). The van der Waals surface area contributed by atoms with E-state index in [2.05, 4.69) is 5.32 Å². The minimum Gasteiger partial charge on any atom is -0.393 e. The standard InChI is InChI=1S/C14H16ClNO3S/c1-14(19,8-17)7-16-13(18)4-9-6-20-12-3-2-10(15)5-11(9)12/h2-3,5-6,17,19H,4,7-8H2,1H3,(H,16,18)/t14-/m0/s1. The summed E-state index contributed by atoms with van der Waals surface area (Å²) in [4.78, 5) is 11.9. The Hall–Kier alpha value is -1.14. The van der Waals surface area contributed by atoms with Crippen molar-refractivity contribution in [1.82, 2.24) is 5.32 Å². The second-order valence-electron chi connectivity index (χ2n) is 5.01. The predicted octanol–water partition coefficient (Wildman–Crippen LogP) is 1.96. The van der Waals surface area contributed by atoms with E-state index < -0.39 is 12.2 Å². The monoisotopic (exact) mass is 313 g/mol. The molecule has 0 saturated heterocycles. The second-order valence-corrected chi connectivity index (χ2v) is 6.36. The van der Waals surface area contributed by atoms with Gasteiger partial charge in [-0.25, -0.2) is 0 Å². The molecule has 0 radical (unpaired) electrons. The van der Waals surface area contributed by atoms with Crippen LogP contribution in [0.5, 0.6) is 0 Å². The van der Waals surface area contributed by atoms with Crippen molar-refractivity contribution in [1.29, 1.82) is 0 Å². The number of nitrogens with one attached hydrogen (secondary N) is 1. The van der Waals surface area contributed by atoms with Crippen LogP contribution in [0.15, 0.2) is 23.6 Å². The van der Waals surface area contributed by atoms with Crippen molar-refractivity contribution in [2.75, 3.05) is 13.2 Å². The Morgan fingerprint density at radius 2 is 2.25 bits per heavy atom. The highest BCUT2D eigenvalue weighted by Crippen LogP contribution is 2.28. The number of aliphatic hydroxyl groups is 2. The number of carbonyl (C=O) groups excluding carboxylic acids is 1. The van der Waals surface area contributed by atoms with Crippen LogP contribution in [0.3, 0.4) is 0 Å². The average Bonchev–Trinajstić information content (AvgIpc) is 2.79. The van der Waals surface area contributed by atoms with E-state index in [1.807, 2.05) is 23.6 Å². The zero-order valence-electron chi connectivity index (χ0n) is 11.0. The molecule has 20 heavy (non-hydrogen) atoms. The third kappa shape index (κ3) is 3.70. The van der Waals surface area contributed by atoms with E-state index in [9.17, 15) is 9.90 Å². The zero-order chi connectivity index (χ0) is 14.8. The molecular formula is C14H16ClNO3S. The maximum Gasteiger partial charge on any atom is 0.224 e. The number of halogens is 1. The molecule has 0 fully saturated rings. The highest BCUT2D eigenvalue weighted by molar-refractivity contribution is 7.17. The van der Waals surface area contributed by atoms with Crippen molar-refractivity contribution >= 4 is 38.9 Å². The molecule has 0 aliphatic carbocycles. The van der Waals surface area contributed by atoms with Gasteiger partial charge in [0.2, 0.25) is 5.91 Å². The van der Waals surface area contributed by atoms with Crippen LogP contribution in [0.2, 0.25) is 5.02 Å². The quantitative estimate of drug-likeness (QED) is 0.790. The Morgan fingerprint density at radius 3 is 2.95 bits per heavy atom. The van der Waals surface area contributed by atoms with Crippen LogP contribution in [0.1, 0.15) is 12.5 Å². The Balaban J connectivity index is 2.05. The molecule has 4 nitrogen and oxygen atoms in total. The fourth-order valence-electron chi connectivity index (χ4n) is 1.77. The van der Waals surface area contributed by atoms with Gasteiger partial charge in [0, 0.05) is 16.3 Å². The summed E-state index contributed by atoms with van der Waals surface area (Å²) in [6, 6.07) is 5.60. The molecule has 6 heteroatoms. The van der Waals surface area contributed by atoms with Gasteiger partial charge in [0.05, 0.1) is 13.0 Å². The molecule has 1 aromatic carbocycles. The second kappa shape index (κ2) is 6.10. The first-order chi connectivity index (χ1) is 9.41. The predicted molar refractivity (Wildman–Crippen MR) is 81.3 cm³/mol. The fourth-order valence-corrected chi connectivity index (χ4v) is 2.89. The maximum absolute atomic E-state index is 11.9. The first-order valence-corrected chi connectivity index (χ1v) is 7.42. The summed E-state index contributed by atoms with van der Waals surface area (Å²) < 4.78 is 1.08. The van der Waals surface area contributed by atoms with Gasteiger partial charge in [0.1, 0.15) is 5.60 Å². The average molecular weight is 314 g/mol. The van der Waals surface area contributed by atoms with Crippen LogP contribution in [-0.4, -0.2) is 34.9 Å². The third-order valence-corrected chi connectivity index (χ3v) is 4.22. The van der Waals surface area contributed by atoms with Crippen LogP contribution in [0.25, 0.3) is 10.1 Å². The number of rotatable bonds is 5. The van der Waals surface area contributed by atoms with Crippen LogP contribution in [0, 0.1) is 0 Å². The number of hydrogen-bond acceptors (Lipinski definition) is 4. The number of carbonyl (C=O) groups is 1. The molecule has 2 aromatic rings. The maximum atomic E-state index is 11.9. The Bertz CT molecular complexity index is 624. The highest BCUT2D eigenvalue weighted by Gasteiger charge is 2.20. The number of aliphatic hydroxyl groups excluding tert-OH is 1. The molecule has 0 aliphatic rings. The lowest BCUT2D eigenvalue weighted by Crippen LogP contribution is -2.43. The summed E-state index contributed by atoms with van der Waals surface area (Å²) in [5.41, 5.74) is -0.385. The van der Waals surface area contributed by atoms with Gasteiger partial charge in [0.25, 0.3) is 0 Å². The van der Waals surface area contributed by atoms with E-state index in [1.165, 1.54) is 6.92 Å². The summed E-state index contributed by atoms with van der Waals surface area (Å²) in [5.74, 6) is -0.196. The smallest absolute Gasteiger partial charge is 0.224 e. The molecule has 0 bridgehead atoms. The van der Waals surface area contributed by atoms with E-state index >= 15 is 0 Å². The summed E-state index contributed by atoms with van der Waals surface area (Å²) in [7, 11) is 0. The van der Waals surface area contributed by atoms with Crippen molar-refractivity contribution in [3.05, 3.63) is 34.2 Å². The van der Waals surface area contributed by atoms with Gasteiger partial charge in [-0.15, -0.1) is 11.3 Å². The van der Waals surface area contributed by atoms with Crippen molar-refractivity contribution in [2.45, 2.75) is 18.9 Å². The molecule has 3 N–H and O–H groups in total. The summed E-state index contributed by atoms with van der Waals surface area (Å²) in [6.45, 7) is 1.09. The molecule has 0 unspecified atom stereocenters. The van der Waals surface area contributed by atoms with Crippen molar-refractivity contribution < 1.29 is 15.0 Å². The van der Waals surface area contributed by atoms with Crippen molar-refractivity contribution in [3.63, 3.8) is 0 Å². The topological polar surface area (TPSA) is 69.6 Å². The lowest BCUT2D eigenvalue weighted by Gasteiger charge is -2.20. The molecule has 0 saturated carbocycles. The molecule has 1 atom stereocenters. The summed E-state index contributed by atoms with van der Waals surface area (Å²) in [6.07, 6.45) is 0.224. The van der Waals surface area contributed by atoms with E-state index in [0.717, 1.165) is 15.6 Å². The lowest BCUT2D eigenvalue weighted by molar-refractivity contribution is -0.121. The Labute approximate surface area is 126 Å². The highest BCUT2D eigenvalue weighted by atomic mass is 35.5. The molecule has 108 valence electrons. The Morgan fingerprint density at radius 1 is 1.50 bits per heavy atom. The largest absolute Gasteiger partial charge is 0.393 e. The minimum absolute atomic E-state index is 0.0190. The number of benzene rings is 1. The normalized spacial score (nSPS) is 14.2. The molecule has 1 amide bonds. The van der Waals surface area contributed by atoms with E-state index in [0.29, 0.717) is 5.02 Å². The number of thiophene rings is 1. The van der Waals surface area contributed by atoms with Gasteiger partial charge in [-0.3, -0.25) is 4.79 Å². The Kier molecular flexibility index (Phi) is 4.65.